The van der Waals surface area contributed by atoms with Crippen LogP contribution in [0.25, 0.3) is 0 Å². The summed E-state index contributed by atoms with van der Waals surface area (Å²) >= 11 is 0. The Morgan fingerprint density at radius 1 is 1.32 bits per heavy atom. The van der Waals surface area contributed by atoms with Crippen LogP contribution < -0.4 is 0 Å². The van der Waals surface area contributed by atoms with Crippen molar-refractivity contribution in [1.82, 2.24) is 4.90 Å². The quantitative estimate of drug-likeness (QED) is 0.355. The van der Waals surface area contributed by atoms with Crippen molar-refractivity contribution in [2.45, 2.75) is 19.3 Å². The Balaban J connectivity index is 2.48. The van der Waals surface area contributed by atoms with E-state index in [1.54, 1.807) is 12.3 Å². The number of non-ortho nitro benzene ring substituents is 1. The number of fused-ring (bicyclic) bond motifs is 1. The highest BCUT2D eigenvalue weighted by Gasteiger charge is 2.22. The first kappa shape index (κ1) is 13.3. The van der Waals surface area contributed by atoms with Gasteiger partial charge in [0.15, 0.2) is 5.78 Å². The molecule has 0 saturated heterocycles. The SMILES string of the molecule is CN(C)/C=C1\CCCc2ccc([N+](=O)[O-])cc2C1=O. The minimum Gasteiger partial charge on any atom is -0.383 e. The molecule has 0 aliphatic heterocycles. The number of allylic oxidation sites excluding steroid dienone is 1. The molecule has 0 bridgehead atoms. The molecule has 100 valence electrons. The maximum Gasteiger partial charge on any atom is 0.270 e. The van der Waals surface area contributed by atoms with Crippen molar-refractivity contribution in [3.63, 3.8) is 0 Å². The molecule has 0 amide bonds. The Hall–Kier alpha value is -2.17. The molecule has 0 aromatic heterocycles. The lowest BCUT2D eigenvalue weighted by Gasteiger charge is -2.09. The molecule has 2 rings (SSSR count). The number of benzene rings is 1. The maximum absolute atomic E-state index is 12.4. The third kappa shape index (κ3) is 2.81. The van der Waals surface area contributed by atoms with Gasteiger partial charge in [0.25, 0.3) is 5.69 Å². The maximum atomic E-state index is 12.4. The van der Waals surface area contributed by atoms with Gasteiger partial charge in [-0.2, -0.15) is 0 Å². The van der Waals surface area contributed by atoms with Crippen LogP contribution in [0.3, 0.4) is 0 Å². The highest BCUT2D eigenvalue weighted by atomic mass is 16.6. The zero-order chi connectivity index (χ0) is 14.0. The van der Waals surface area contributed by atoms with Gasteiger partial charge in [-0.15, -0.1) is 0 Å². The van der Waals surface area contributed by atoms with Gasteiger partial charge in [-0.05, 0) is 24.8 Å². The van der Waals surface area contributed by atoms with Crippen molar-refractivity contribution in [2.24, 2.45) is 0 Å². The molecule has 1 aromatic carbocycles. The van der Waals surface area contributed by atoms with Crippen LogP contribution in [0.15, 0.2) is 30.0 Å². The van der Waals surface area contributed by atoms with Crippen LogP contribution >= 0.6 is 0 Å². The van der Waals surface area contributed by atoms with Gasteiger partial charge in [0, 0.05) is 43.6 Å². The third-order valence-corrected chi connectivity index (χ3v) is 3.15. The van der Waals surface area contributed by atoms with Crippen LogP contribution in [0.2, 0.25) is 0 Å². The first-order valence-corrected chi connectivity index (χ1v) is 6.18. The predicted molar refractivity (Wildman–Crippen MR) is 72.1 cm³/mol. The minimum absolute atomic E-state index is 0.0294. The Morgan fingerprint density at radius 3 is 2.68 bits per heavy atom. The molecule has 0 N–H and O–H groups in total. The van der Waals surface area contributed by atoms with Crippen molar-refractivity contribution in [1.29, 1.82) is 0 Å². The van der Waals surface area contributed by atoms with Gasteiger partial charge in [0.1, 0.15) is 0 Å². The fraction of sp³-hybridized carbons (Fsp3) is 0.357. The molecular formula is C14H16N2O3. The van der Waals surface area contributed by atoms with Gasteiger partial charge >= 0.3 is 0 Å². The predicted octanol–water partition coefficient (Wildman–Crippen LogP) is 2.56. The molecule has 0 fully saturated rings. The molecule has 19 heavy (non-hydrogen) atoms. The molecule has 0 radical (unpaired) electrons. The summed E-state index contributed by atoms with van der Waals surface area (Å²) in [5.41, 5.74) is 2.06. The number of carbonyl (C=O) groups excluding carboxylic acids is 1. The van der Waals surface area contributed by atoms with Crippen molar-refractivity contribution >= 4 is 11.5 Å². The van der Waals surface area contributed by atoms with Crippen LogP contribution in [0.5, 0.6) is 0 Å². The zero-order valence-corrected chi connectivity index (χ0v) is 11.0. The standard InChI is InChI=1S/C14H16N2O3/c1-15(2)9-11-5-3-4-10-6-7-12(16(18)19)8-13(10)14(11)17/h6-9H,3-5H2,1-2H3/b11-9+. The number of rotatable bonds is 2. The molecule has 5 heteroatoms. The molecule has 1 aliphatic rings. The van der Waals surface area contributed by atoms with E-state index in [0.29, 0.717) is 17.6 Å². The Bertz CT molecular complexity index is 562. The van der Waals surface area contributed by atoms with Gasteiger partial charge in [-0.25, -0.2) is 0 Å². The number of Topliss-reactive ketones (excluding diaryl/α,β-unsaturated/α-hetero) is 1. The molecule has 0 saturated carbocycles. The topological polar surface area (TPSA) is 63.4 Å². The highest BCUT2D eigenvalue weighted by molar-refractivity contribution is 6.10. The number of hydrogen-bond acceptors (Lipinski definition) is 4. The molecule has 0 heterocycles. The largest absolute Gasteiger partial charge is 0.383 e. The van der Waals surface area contributed by atoms with Crippen molar-refractivity contribution in [2.75, 3.05) is 14.1 Å². The van der Waals surface area contributed by atoms with Gasteiger partial charge in [-0.3, -0.25) is 14.9 Å². The number of hydrogen-bond donors (Lipinski definition) is 0. The Labute approximate surface area is 111 Å². The monoisotopic (exact) mass is 260 g/mol. The summed E-state index contributed by atoms with van der Waals surface area (Å²) in [6.07, 6.45) is 4.18. The molecule has 1 aliphatic carbocycles. The van der Waals surface area contributed by atoms with E-state index in [9.17, 15) is 14.9 Å². The molecular weight excluding hydrogens is 244 g/mol. The first-order chi connectivity index (χ1) is 8.99. The normalized spacial score (nSPS) is 16.9. The van der Waals surface area contributed by atoms with E-state index in [4.69, 9.17) is 0 Å². The van der Waals surface area contributed by atoms with Crippen LogP contribution in [-0.2, 0) is 6.42 Å². The molecule has 0 atom stereocenters. The van der Waals surface area contributed by atoms with Crippen molar-refractivity contribution in [3.8, 4) is 0 Å². The van der Waals surface area contributed by atoms with Gasteiger partial charge in [-0.1, -0.05) is 6.07 Å². The molecule has 5 nitrogen and oxygen atoms in total. The molecule has 1 aromatic rings. The van der Waals surface area contributed by atoms with E-state index in [-0.39, 0.29) is 11.5 Å². The molecule has 0 unspecified atom stereocenters. The van der Waals surface area contributed by atoms with E-state index >= 15 is 0 Å². The summed E-state index contributed by atoms with van der Waals surface area (Å²) in [4.78, 5) is 24.6. The van der Waals surface area contributed by atoms with Crippen LogP contribution in [0, 0.1) is 10.1 Å². The lowest BCUT2D eigenvalue weighted by Crippen LogP contribution is -2.10. The Kier molecular flexibility index (Phi) is 3.64. The third-order valence-electron chi connectivity index (χ3n) is 3.15. The first-order valence-electron chi connectivity index (χ1n) is 6.18. The van der Waals surface area contributed by atoms with E-state index in [2.05, 4.69) is 0 Å². The van der Waals surface area contributed by atoms with Gasteiger partial charge in [0.2, 0.25) is 0 Å². The summed E-state index contributed by atoms with van der Waals surface area (Å²) in [6, 6.07) is 4.56. The Morgan fingerprint density at radius 2 is 2.05 bits per heavy atom. The second-order valence-electron chi connectivity index (χ2n) is 4.90. The van der Waals surface area contributed by atoms with Gasteiger partial charge < -0.3 is 4.90 Å². The average molecular weight is 260 g/mol. The van der Waals surface area contributed by atoms with Crippen molar-refractivity contribution in [3.05, 3.63) is 51.2 Å². The number of nitrogens with zero attached hydrogens (tertiary/aromatic N) is 2. The van der Waals surface area contributed by atoms with Crippen molar-refractivity contribution < 1.29 is 9.72 Å². The fourth-order valence-corrected chi connectivity index (χ4v) is 2.30. The second kappa shape index (κ2) is 5.22. The summed E-state index contributed by atoms with van der Waals surface area (Å²) in [5, 5.41) is 10.8. The number of aryl methyl sites for hydroxylation is 1. The molecule has 0 spiro atoms. The number of carbonyl (C=O) groups is 1. The summed E-state index contributed by atoms with van der Waals surface area (Å²) in [6.45, 7) is 0. The van der Waals surface area contributed by atoms with Crippen LogP contribution in [0.4, 0.5) is 5.69 Å². The van der Waals surface area contributed by atoms with E-state index in [1.807, 2.05) is 19.0 Å². The number of nitro groups is 1. The van der Waals surface area contributed by atoms with Crippen LogP contribution in [-0.4, -0.2) is 29.7 Å². The van der Waals surface area contributed by atoms with Crippen LogP contribution in [0.1, 0.15) is 28.8 Å². The number of nitro benzene ring substituents is 1. The lowest BCUT2D eigenvalue weighted by atomic mass is 9.99. The van der Waals surface area contributed by atoms with E-state index in [1.165, 1.54) is 12.1 Å². The second-order valence-corrected chi connectivity index (χ2v) is 4.90. The van der Waals surface area contributed by atoms with Gasteiger partial charge in [0.05, 0.1) is 4.92 Å². The number of ketones is 1. The zero-order valence-electron chi connectivity index (χ0n) is 11.0. The smallest absolute Gasteiger partial charge is 0.270 e. The minimum atomic E-state index is -0.464. The fourth-order valence-electron chi connectivity index (χ4n) is 2.30. The highest BCUT2D eigenvalue weighted by Crippen LogP contribution is 2.27. The summed E-state index contributed by atoms with van der Waals surface area (Å²) in [7, 11) is 3.72. The van der Waals surface area contributed by atoms with E-state index < -0.39 is 4.92 Å². The average Bonchev–Trinajstić information content (AvgIpc) is 2.49. The summed E-state index contributed by atoms with van der Waals surface area (Å²) < 4.78 is 0. The lowest BCUT2D eigenvalue weighted by molar-refractivity contribution is -0.384. The summed E-state index contributed by atoms with van der Waals surface area (Å²) in [5.74, 6) is -0.0927. The van der Waals surface area contributed by atoms with E-state index in [0.717, 1.165) is 18.4 Å².